The highest BCUT2D eigenvalue weighted by atomic mass is 32.2. The number of allylic oxidation sites excluding steroid dienone is 1. The van der Waals surface area contributed by atoms with E-state index in [2.05, 4.69) is 6.07 Å². The Bertz CT molecular complexity index is 351. The van der Waals surface area contributed by atoms with Crippen molar-refractivity contribution in [3.8, 4) is 0 Å². The van der Waals surface area contributed by atoms with Crippen LogP contribution >= 0.6 is 23.1 Å². The van der Waals surface area contributed by atoms with Gasteiger partial charge in [-0.3, -0.25) is 0 Å². The zero-order valence-electron chi connectivity index (χ0n) is 9.12. The minimum absolute atomic E-state index is 0.407. The number of hydrogen-bond donors (Lipinski definition) is 1. The van der Waals surface area contributed by atoms with Gasteiger partial charge >= 0.3 is 0 Å². The number of thiophene rings is 1. The summed E-state index contributed by atoms with van der Waals surface area (Å²) < 4.78 is 0. The summed E-state index contributed by atoms with van der Waals surface area (Å²) in [6.45, 7) is 4.04. The second-order valence-electron chi connectivity index (χ2n) is 4.09. The van der Waals surface area contributed by atoms with E-state index in [0.29, 0.717) is 0 Å². The van der Waals surface area contributed by atoms with Crippen LogP contribution in [0.2, 0.25) is 0 Å². The van der Waals surface area contributed by atoms with Gasteiger partial charge in [-0.2, -0.15) is 11.8 Å². The first kappa shape index (κ1) is 11.2. The molecule has 1 atom stereocenters. The van der Waals surface area contributed by atoms with E-state index in [4.69, 9.17) is 0 Å². The minimum Gasteiger partial charge on any atom is -0.383 e. The maximum absolute atomic E-state index is 9.97. The molecule has 0 fully saturated rings. The van der Waals surface area contributed by atoms with Gasteiger partial charge in [0, 0.05) is 15.5 Å². The quantitative estimate of drug-likeness (QED) is 0.798. The number of fused-ring (bicyclic) bond motifs is 1. The summed E-state index contributed by atoms with van der Waals surface area (Å²) in [6.07, 6.45) is 2.69. The molecular weight excluding hydrogens is 224 g/mol. The van der Waals surface area contributed by atoms with Crippen LogP contribution in [-0.2, 0) is 12.2 Å². The molecule has 2 heterocycles. The summed E-state index contributed by atoms with van der Waals surface area (Å²) in [5, 5.41) is 9.97. The monoisotopic (exact) mass is 240 g/mol. The minimum atomic E-state index is -0.407. The molecule has 82 valence electrons. The van der Waals surface area contributed by atoms with E-state index in [1.165, 1.54) is 28.2 Å². The molecule has 15 heavy (non-hydrogen) atoms. The van der Waals surface area contributed by atoms with Crippen LogP contribution in [0.25, 0.3) is 0 Å². The van der Waals surface area contributed by atoms with Crippen molar-refractivity contribution in [2.24, 2.45) is 0 Å². The van der Waals surface area contributed by atoms with E-state index in [1.807, 2.05) is 31.7 Å². The Balaban J connectivity index is 2.22. The average Bonchev–Trinajstić information content (AvgIpc) is 2.59. The van der Waals surface area contributed by atoms with Crippen molar-refractivity contribution in [2.75, 3.05) is 5.75 Å². The van der Waals surface area contributed by atoms with Gasteiger partial charge in [-0.25, -0.2) is 0 Å². The molecule has 1 N–H and O–H groups in total. The van der Waals surface area contributed by atoms with Gasteiger partial charge in [0.25, 0.3) is 0 Å². The summed E-state index contributed by atoms with van der Waals surface area (Å²) >= 11 is 3.76. The Kier molecular flexibility index (Phi) is 3.54. The number of aliphatic hydroxyl groups excluding tert-OH is 1. The molecule has 1 aliphatic rings. The Morgan fingerprint density at radius 3 is 3.00 bits per heavy atom. The predicted octanol–water partition coefficient (Wildman–Crippen LogP) is 3.54. The van der Waals surface area contributed by atoms with Gasteiger partial charge in [0.1, 0.15) is 6.10 Å². The molecule has 1 aliphatic heterocycles. The molecule has 0 saturated carbocycles. The SMILES string of the molecule is CC(C)=CC(O)c1cc2c(s1)CCSC2. The summed E-state index contributed by atoms with van der Waals surface area (Å²) in [7, 11) is 0. The molecule has 0 spiro atoms. The molecule has 2 rings (SSSR count). The third kappa shape index (κ3) is 2.65. The normalized spacial score (nSPS) is 17.0. The molecule has 0 radical (unpaired) electrons. The van der Waals surface area contributed by atoms with Crippen LogP contribution in [0, 0.1) is 0 Å². The molecule has 3 heteroatoms. The third-order valence-electron chi connectivity index (χ3n) is 2.43. The lowest BCUT2D eigenvalue weighted by Crippen LogP contribution is -1.96. The maximum Gasteiger partial charge on any atom is 0.107 e. The fourth-order valence-electron chi connectivity index (χ4n) is 1.71. The van der Waals surface area contributed by atoms with Crippen LogP contribution in [0.15, 0.2) is 17.7 Å². The molecule has 0 bridgehead atoms. The van der Waals surface area contributed by atoms with Gasteiger partial charge in [0.05, 0.1) is 0 Å². The first-order chi connectivity index (χ1) is 7.16. The maximum atomic E-state index is 9.97. The van der Waals surface area contributed by atoms with Crippen molar-refractivity contribution in [1.29, 1.82) is 0 Å². The van der Waals surface area contributed by atoms with Crippen LogP contribution in [0.1, 0.15) is 35.3 Å². The fraction of sp³-hybridized carbons (Fsp3) is 0.500. The van der Waals surface area contributed by atoms with Crippen molar-refractivity contribution in [2.45, 2.75) is 32.1 Å². The highest BCUT2D eigenvalue weighted by Gasteiger charge is 2.16. The summed E-state index contributed by atoms with van der Waals surface area (Å²) in [5.41, 5.74) is 2.61. The van der Waals surface area contributed by atoms with Crippen molar-refractivity contribution in [1.82, 2.24) is 0 Å². The molecule has 1 unspecified atom stereocenters. The van der Waals surface area contributed by atoms with E-state index in [1.54, 1.807) is 11.3 Å². The molecule has 1 nitrogen and oxygen atoms in total. The number of thioether (sulfide) groups is 1. The molecule has 1 aromatic rings. The third-order valence-corrected chi connectivity index (χ3v) is 4.75. The number of hydrogen-bond acceptors (Lipinski definition) is 3. The number of aliphatic hydroxyl groups is 1. The average molecular weight is 240 g/mol. The lowest BCUT2D eigenvalue weighted by molar-refractivity contribution is 0.231. The molecular formula is C12H16OS2. The van der Waals surface area contributed by atoms with Gasteiger partial charge in [0.15, 0.2) is 0 Å². The van der Waals surface area contributed by atoms with Crippen molar-refractivity contribution in [3.05, 3.63) is 33.0 Å². The van der Waals surface area contributed by atoms with Gasteiger partial charge in [-0.1, -0.05) is 11.6 Å². The van der Waals surface area contributed by atoms with Crippen LogP contribution < -0.4 is 0 Å². The fourth-order valence-corrected chi connectivity index (χ4v) is 4.05. The summed E-state index contributed by atoms with van der Waals surface area (Å²) in [6, 6.07) is 2.18. The van der Waals surface area contributed by atoms with E-state index < -0.39 is 6.10 Å². The molecule has 0 aromatic carbocycles. The van der Waals surface area contributed by atoms with Gasteiger partial charge in [-0.15, -0.1) is 11.3 Å². The summed E-state index contributed by atoms with van der Waals surface area (Å²) in [5.74, 6) is 2.35. The summed E-state index contributed by atoms with van der Waals surface area (Å²) in [4.78, 5) is 2.58. The Hall–Kier alpha value is -0.250. The smallest absolute Gasteiger partial charge is 0.107 e. The van der Waals surface area contributed by atoms with Crippen LogP contribution in [-0.4, -0.2) is 10.9 Å². The topological polar surface area (TPSA) is 20.2 Å². The Labute approximate surface area is 99.2 Å². The highest BCUT2D eigenvalue weighted by Crippen LogP contribution is 2.34. The van der Waals surface area contributed by atoms with Crippen molar-refractivity contribution in [3.63, 3.8) is 0 Å². The second-order valence-corrected chi connectivity index (χ2v) is 6.36. The molecule has 0 amide bonds. The number of rotatable bonds is 2. The van der Waals surface area contributed by atoms with Crippen molar-refractivity contribution >= 4 is 23.1 Å². The molecule has 0 aliphatic carbocycles. The first-order valence-electron chi connectivity index (χ1n) is 5.19. The zero-order chi connectivity index (χ0) is 10.8. The highest BCUT2D eigenvalue weighted by molar-refractivity contribution is 7.98. The predicted molar refractivity (Wildman–Crippen MR) is 68.6 cm³/mol. The lowest BCUT2D eigenvalue weighted by atomic mass is 10.1. The first-order valence-corrected chi connectivity index (χ1v) is 7.16. The van der Waals surface area contributed by atoms with E-state index in [0.717, 1.165) is 10.6 Å². The van der Waals surface area contributed by atoms with Gasteiger partial charge < -0.3 is 5.11 Å². The molecule has 1 aromatic heterocycles. The van der Waals surface area contributed by atoms with E-state index in [9.17, 15) is 5.11 Å². The van der Waals surface area contributed by atoms with Gasteiger partial charge in [0.2, 0.25) is 0 Å². The largest absolute Gasteiger partial charge is 0.383 e. The van der Waals surface area contributed by atoms with Crippen LogP contribution in [0.5, 0.6) is 0 Å². The van der Waals surface area contributed by atoms with Crippen LogP contribution in [0.3, 0.4) is 0 Å². The molecule has 0 saturated heterocycles. The second kappa shape index (κ2) is 4.73. The Morgan fingerprint density at radius 2 is 2.33 bits per heavy atom. The van der Waals surface area contributed by atoms with Crippen molar-refractivity contribution < 1.29 is 5.11 Å². The lowest BCUT2D eigenvalue weighted by Gasteiger charge is -2.08. The number of aryl methyl sites for hydroxylation is 1. The standard InChI is InChI=1S/C12H16OS2/c1-8(2)5-10(13)12-6-9-7-14-4-3-11(9)15-12/h5-6,10,13H,3-4,7H2,1-2H3. The van der Waals surface area contributed by atoms with E-state index in [-0.39, 0.29) is 0 Å². The van der Waals surface area contributed by atoms with Crippen LogP contribution in [0.4, 0.5) is 0 Å². The van der Waals surface area contributed by atoms with Gasteiger partial charge in [-0.05, 0) is 37.7 Å². The Morgan fingerprint density at radius 1 is 1.53 bits per heavy atom. The zero-order valence-corrected chi connectivity index (χ0v) is 10.8. The van der Waals surface area contributed by atoms with E-state index >= 15 is 0 Å².